The molecule has 1 atom stereocenters. The van der Waals surface area contributed by atoms with Crippen LogP contribution in [0.15, 0.2) is 30.3 Å². The molecule has 1 heterocycles. The van der Waals surface area contributed by atoms with Gasteiger partial charge in [-0.15, -0.1) is 12.4 Å². The molecule has 23 heavy (non-hydrogen) atoms. The van der Waals surface area contributed by atoms with E-state index in [1.807, 2.05) is 42.2 Å². The number of rotatable bonds is 5. The first-order valence-corrected chi connectivity index (χ1v) is 7.62. The maximum Gasteiger partial charge on any atom is 0.241 e. The van der Waals surface area contributed by atoms with Crippen LogP contribution in [0.5, 0.6) is 0 Å². The topological polar surface area (TPSA) is 64.7 Å². The third-order valence-electron chi connectivity index (χ3n) is 3.94. The summed E-state index contributed by atoms with van der Waals surface area (Å²) in [5, 5.41) is 6.08. The Labute approximate surface area is 143 Å². The number of amides is 2. The van der Waals surface area contributed by atoms with Gasteiger partial charge in [0.25, 0.3) is 0 Å². The molecule has 1 aromatic rings. The van der Waals surface area contributed by atoms with Crippen LogP contribution in [0.1, 0.15) is 6.92 Å². The summed E-state index contributed by atoms with van der Waals surface area (Å²) < 4.78 is 0. The molecule has 0 spiro atoms. The van der Waals surface area contributed by atoms with Gasteiger partial charge in [0, 0.05) is 31.9 Å². The highest BCUT2D eigenvalue weighted by molar-refractivity contribution is 5.94. The summed E-state index contributed by atoms with van der Waals surface area (Å²) in [6.07, 6.45) is 0. The Hall–Kier alpha value is -1.63. The smallest absolute Gasteiger partial charge is 0.241 e. The maximum absolute atomic E-state index is 12.2. The zero-order valence-electron chi connectivity index (χ0n) is 13.6. The molecule has 0 saturated carbocycles. The van der Waals surface area contributed by atoms with Crippen LogP contribution in [-0.2, 0) is 9.59 Å². The lowest BCUT2D eigenvalue weighted by Crippen LogP contribution is -2.51. The van der Waals surface area contributed by atoms with Gasteiger partial charge in [-0.25, -0.2) is 0 Å². The molecule has 7 heteroatoms. The standard InChI is InChI=1S/C16H24N4O2.ClH/c1-13(16(22)18-14-6-4-3-5-7-14)19(2)12-15(21)20-10-8-17-9-11-20;/h3-7,13,17H,8-12H2,1-2H3,(H,18,22);1H. The molecule has 1 unspecified atom stereocenters. The van der Waals surface area contributed by atoms with Gasteiger partial charge in [0.2, 0.25) is 11.8 Å². The summed E-state index contributed by atoms with van der Waals surface area (Å²) in [5.74, 6) is -0.0369. The van der Waals surface area contributed by atoms with Crippen LogP contribution in [0.2, 0.25) is 0 Å². The van der Waals surface area contributed by atoms with Crippen molar-refractivity contribution in [2.24, 2.45) is 0 Å². The van der Waals surface area contributed by atoms with Gasteiger partial charge >= 0.3 is 0 Å². The molecule has 6 nitrogen and oxygen atoms in total. The number of benzene rings is 1. The average molecular weight is 341 g/mol. The number of hydrogen-bond acceptors (Lipinski definition) is 4. The Morgan fingerprint density at radius 1 is 1.26 bits per heavy atom. The molecule has 1 aliphatic heterocycles. The fraction of sp³-hybridized carbons (Fsp3) is 0.500. The number of nitrogens with zero attached hydrogens (tertiary/aromatic N) is 2. The molecular weight excluding hydrogens is 316 g/mol. The van der Waals surface area contributed by atoms with Gasteiger partial charge in [-0.3, -0.25) is 14.5 Å². The van der Waals surface area contributed by atoms with E-state index in [-0.39, 0.29) is 36.8 Å². The first-order valence-electron chi connectivity index (χ1n) is 7.62. The number of halogens is 1. The molecular formula is C16H25ClN4O2. The Bertz CT molecular complexity index is 506. The van der Waals surface area contributed by atoms with Crippen molar-refractivity contribution in [3.05, 3.63) is 30.3 Å². The van der Waals surface area contributed by atoms with Crippen molar-refractivity contribution in [3.8, 4) is 0 Å². The van der Waals surface area contributed by atoms with Gasteiger partial charge < -0.3 is 15.5 Å². The quantitative estimate of drug-likeness (QED) is 0.832. The minimum absolute atomic E-state index is 0. The number of piperazine rings is 1. The average Bonchev–Trinajstić information content (AvgIpc) is 2.55. The molecule has 0 radical (unpaired) electrons. The van der Waals surface area contributed by atoms with Crippen molar-refractivity contribution in [1.82, 2.24) is 15.1 Å². The second-order valence-corrected chi connectivity index (χ2v) is 5.58. The van der Waals surface area contributed by atoms with Crippen LogP contribution in [0.4, 0.5) is 5.69 Å². The van der Waals surface area contributed by atoms with E-state index in [0.717, 1.165) is 31.9 Å². The molecule has 1 fully saturated rings. The molecule has 128 valence electrons. The largest absolute Gasteiger partial charge is 0.339 e. The summed E-state index contributed by atoms with van der Waals surface area (Å²) >= 11 is 0. The molecule has 0 aromatic heterocycles. The van der Waals surface area contributed by atoms with Crippen molar-refractivity contribution >= 4 is 29.9 Å². The van der Waals surface area contributed by atoms with E-state index in [4.69, 9.17) is 0 Å². The van der Waals surface area contributed by atoms with Crippen molar-refractivity contribution in [2.75, 3.05) is 45.1 Å². The normalized spacial score (nSPS) is 15.7. The van der Waals surface area contributed by atoms with Crippen LogP contribution in [0.3, 0.4) is 0 Å². The van der Waals surface area contributed by atoms with E-state index in [1.165, 1.54) is 0 Å². The number of likely N-dealkylation sites (N-methyl/N-ethyl adjacent to an activating group) is 1. The van der Waals surface area contributed by atoms with E-state index >= 15 is 0 Å². The van der Waals surface area contributed by atoms with E-state index in [2.05, 4.69) is 10.6 Å². The Balaban J connectivity index is 0.00000264. The van der Waals surface area contributed by atoms with Crippen molar-refractivity contribution in [2.45, 2.75) is 13.0 Å². The van der Waals surface area contributed by atoms with Crippen LogP contribution in [-0.4, -0.2) is 67.4 Å². The van der Waals surface area contributed by atoms with Gasteiger partial charge in [-0.2, -0.15) is 0 Å². The number of anilines is 1. The van der Waals surface area contributed by atoms with Gasteiger partial charge in [0.05, 0.1) is 12.6 Å². The molecule has 0 aliphatic carbocycles. The predicted molar refractivity (Wildman–Crippen MR) is 93.9 cm³/mol. The Morgan fingerprint density at radius 3 is 2.48 bits per heavy atom. The lowest BCUT2D eigenvalue weighted by molar-refractivity contribution is -0.133. The number of carbonyl (C=O) groups is 2. The Kier molecular flexibility index (Phi) is 8.02. The Morgan fingerprint density at radius 2 is 1.87 bits per heavy atom. The lowest BCUT2D eigenvalue weighted by Gasteiger charge is -2.30. The zero-order chi connectivity index (χ0) is 15.9. The van der Waals surface area contributed by atoms with E-state index < -0.39 is 0 Å². The molecule has 1 aliphatic rings. The summed E-state index contributed by atoms with van der Waals surface area (Å²) in [5.41, 5.74) is 0.765. The SMILES string of the molecule is CC(C(=O)Nc1ccccc1)N(C)CC(=O)N1CCNCC1.Cl. The summed E-state index contributed by atoms with van der Waals surface area (Å²) in [6, 6.07) is 8.97. The first-order chi connectivity index (χ1) is 10.6. The number of carbonyl (C=O) groups excluding carboxylic acids is 2. The third-order valence-corrected chi connectivity index (χ3v) is 3.94. The first kappa shape index (κ1) is 19.4. The third kappa shape index (κ3) is 5.82. The van der Waals surface area contributed by atoms with E-state index in [1.54, 1.807) is 11.9 Å². The molecule has 2 rings (SSSR count). The van der Waals surface area contributed by atoms with E-state index in [0.29, 0.717) is 0 Å². The van der Waals surface area contributed by atoms with Crippen LogP contribution < -0.4 is 10.6 Å². The lowest BCUT2D eigenvalue weighted by atomic mass is 10.2. The minimum Gasteiger partial charge on any atom is -0.339 e. The highest BCUT2D eigenvalue weighted by Gasteiger charge is 2.23. The molecule has 2 amide bonds. The van der Waals surface area contributed by atoms with Crippen LogP contribution in [0.25, 0.3) is 0 Å². The van der Waals surface area contributed by atoms with Gasteiger partial charge in [-0.1, -0.05) is 18.2 Å². The second kappa shape index (κ2) is 9.50. The highest BCUT2D eigenvalue weighted by Crippen LogP contribution is 2.07. The van der Waals surface area contributed by atoms with Gasteiger partial charge in [-0.05, 0) is 26.1 Å². The summed E-state index contributed by atoms with van der Waals surface area (Å²) in [4.78, 5) is 28.1. The number of para-hydroxylation sites is 1. The van der Waals surface area contributed by atoms with E-state index in [9.17, 15) is 9.59 Å². The number of nitrogens with one attached hydrogen (secondary N) is 2. The number of hydrogen-bond donors (Lipinski definition) is 2. The molecule has 1 saturated heterocycles. The molecule has 1 aromatic carbocycles. The predicted octanol–water partition coefficient (Wildman–Crippen LogP) is 0.799. The van der Waals surface area contributed by atoms with Gasteiger partial charge in [0.15, 0.2) is 0 Å². The fourth-order valence-electron chi connectivity index (χ4n) is 2.33. The highest BCUT2D eigenvalue weighted by atomic mass is 35.5. The monoisotopic (exact) mass is 340 g/mol. The maximum atomic E-state index is 12.2. The fourth-order valence-corrected chi connectivity index (χ4v) is 2.33. The molecule has 0 bridgehead atoms. The minimum atomic E-state index is -0.368. The summed E-state index contributed by atoms with van der Waals surface area (Å²) in [7, 11) is 1.80. The van der Waals surface area contributed by atoms with Crippen molar-refractivity contribution in [3.63, 3.8) is 0 Å². The van der Waals surface area contributed by atoms with Crippen LogP contribution in [0, 0.1) is 0 Å². The van der Waals surface area contributed by atoms with Crippen molar-refractivity contribution < 1.29 is 9.59 Å². The molecule has 2 N–H and O–H groups in total. The van der Waals surface area contributed by atoms with Gasteiger partial charge in [0.1, 0.15) is 0 Å². The zero-order valence-corrected chi connectivity index (χ0v) is 14.4. The second-order valence-electron chi connectivity index (χ2n) is 5.58. The summed E-state index contributed by atoms with van der Waals surface area (Å²) in [6.45, 7) is 5.19. The van der Waals surface area contributed by atoms with Crippen LogP contribution >= 0.6 is 12.4 Å². The van der Waals surface area contributed by atoms with Crippen molar-refractivity contribution in [1.29, 1.82) is 0 Å².